The van der Waals surface area contributed by atoms with Crippen LogP contribution >= 0.6 is 0 Å². The Kier molecular flexibility index (Phi) is 8.28. The van der Waals surface area contributed by atoms with Gasteiger partial charge in [0, 0.05) is 18.9 Å². The third-order valence-corrected chi connectivity index (χ3v) is 5.60. The van der Waals surface area contributed by atoms with Gasteiger partial charge >= 0.3 is 12.1 Å². The molecule has 1 aliphatic rings. The number of ether oxygens (including phenoxy) is 1. The summed E-state index contributed by atoms with van der Waals surface area (Å²) in [4.78, 5) is 38.6. The largest absolute Gasteiger partial charge is 0.480 e. The van der Waals surface area contributed by atoms with E-state index in [1.54, 1.807) is 25.9 Å². The molecule has 8 nitrogen and oxygen atoms in total. The standard InChI is InChI=1S/C26H29N3O5/c1-4-5-14-22(25(31)32)27-24(30)23(15-29(2)3)28-26(33)34-16-21-19-12-8-6-10-17(19)18-11-7-9-13-20(18)21/h6-13,21-23H,14-16H2,1-3H3,(H,27,30)(H,28,33)(H,31,32). The minimum atomic E-state index is -1.19. The molecule has 0 heterocycles. The Morgan fingerprint density at radius 3 is 2.12 bits per heavy atom. The maximum atomic E-state index is 12.8. The number of nitrogens with zero attached hydrogens (tertiary/aromatic N) is 1. The van der Waals surface area contributed by atoms with Gasteiger partial charge in [-0.25, -0.2) is 9.59 Å². The van der Waals surface area contributed by atoms with E-state index in [1.807, 2.05) is 48.5 Å². The molecule has 2 unspecified atom stereocenters. The first-order valence-electron chi connectivity index (χ1n) is 11.0. The smallest absolute Gasteiger partial charge is 0.407 e. The van der Waals surface area contributed by atoms with Crippen LogP contribution in [0.25, 0.3) is 11.1 Å². The number of amides is 2. The number of rotatable bonds is 9. The molecule has 2 amide bonds. The van der Waals surface area contributed by atoms with Crippen molar-refractivity contribution in [2.24, 2.45) is 0 Å². The number of carboxylic acids is 1. The Labute approximate surface area is 199 Å². The molecular weight excluding hydrogens is 434 g/mol. The van der Waals surface area contributed by atoms with Crippen LogP contribution in [0, 0.1) is 11.8 Å². The average Bonchev–Trinajstić information content (AvgIpc) is 3.13. The Morgan fingerprint density at radius 2 is 1.59 bits per heavy atom. The monoisotopic (exact) mass is 463 g/mol. The summed E-state index contributed by atoms with van der Waals surface area (Å²) in [7, 11) is 3.49. The molecule has 0 saturated carbocycles. The Balaban J connectivity index is 1.67. The molecule has 178 valence electrons. The summed E-state index contributed by atoms with van der Waals surface area (Å²) in [6.45, 7) is 1.87. The molecule has 0 aromatic heterocycles. The number of aliphatic carboxylic acids is 1. The van der Waals surface area contributed by atoms with E-state index in [4.69, 9.17) is 4.74 Å². The van der Waals surface area contributed by atoms with Crippen LogP contribution in [-0.2, 0) is 14.3 Å². The second-order valence-electron chi connectivity index (χ2n) is 8.32. The zero-order valence-corrected chi connectivity index (χ0v) is 19.5. The van der Waals surface area contributed by atoms with Gasteiger partial charge in [0.25, 0.3) is 0 Å². The summed E-state index contributed by atoms with van der Waals surface area (Å²) in [5.41, 5.74) is 4.40. The van der Waals surface area contributed by atoms with Gasteiger partial charge in [-0.2, -0.15) is 0 Å². The number of carboxylic acid groups (broad SMARTS) is 1. The number of carbonyl (C=O) groups excluding carboxylic acids is 2. The predicted octanol–water partition coefficient (Wildman–Crippen LogP) is 2.44. The van der Waals surface area contributed by atoms with Gasteiger partial charge in [0.05, 0.1) is 0 Å². The minimum Gasteiger partial charge on any atom is -0.480 e. The van der Waals surface area contributed by atoms with E-state index >= 15 is 0 Å². The minimum absolute atomic E-state index is 0.0306. The molecule has 2 aromatic carbocycles. The molecule has 0 saturated heterocycles. The summed E-state index contributed by atoms with van der Waals surface area (Å²) in [5.74, 6) is 3.35. The topological polar surface area (TPSA) is 108 Å². The third kappa shape index (κ3) is 5.94. The van der Waals surface area contributed by atoms with E-state index in [1.165, 1.54) is 0 Å². The lowest BCUT2D eigenvalue weighted by molar-refractivity contribution is -0.142. The van der Waals surface area contributed by atoms with Gasteiger partial charge in [-0.1, -0.05) is 48.5 Å². The summed E-state index contributed by atoms with van der Waals surface area (Å²) < 4.78 is 5.53. The lowest BCUT2D eigenvalue weighted by Crippen LogP contribution is -2.55. The molecule has 0 radical (unpaired) electrons. The van der Waals surface area contributed by atoms with Crippen LogP contribution in [0.3, 0.4) is 0 Å². The Hall–Kier alpha value is -3.83. The summed E-state index contributed by atoms with van der Waals surface area (Å²) in [6, 6.07) is 13.8. The van der Waals surface area contributed by atoms with Crippen molar-refractivity contribution in [3.63, 3.8) is 0 Å². The SMILES string of the molecule is CC#CCC(NC(=O)C(CN(C)C)NC(=O)OCC1c2ccccc2-c2ccccc21)C(=O)O. The number of nitrogens with one attached hydrogen (secondary N) is 2. The lowest BCUT2D eigenvalue weighted by atomic mass is 9.98. The van der Waals surface area contributed by atoms with Gasteiger partial charge in [-0.15, -0.1) is 11.8 Å². The number of hydrogen-bond donors (Lipinski definition) is 3. The second-order valence-corrected chi connectivity index (χ2v) is 8.32. The fraction of sp³-hybridized carbons (Fsp3) is 0.346. The first-order valence-corrected chi connectivity index (χ1v) is 11.0. The maximum absolute atomic E-state index is 12.8. The second kappa shape index (κ2) is 11.3. The van der Waals surface area contributed by atoms with Crippen LogP contribution in [0.15, 0.2) is 48.5 Å². The van der Waals surface area contributed by atoms with Crippen LogP contribution in [0.4, 0.5) is 4.79 Å². The van der Waals surface area contributed by atoms with E-state index < -0.39 is 30.1 Å². The van der Waals surface area contributed by atoms with Crippen molar-refractivity contribution < 1.29 is 24.2 Å². The number of carbonyl (C=O) groups is 3. The van der Waals surface area contributed by atoms with Crippen LogP contribution in [-0.4, -0.2) is 67.3 Å². The molecule has 3 N–H and O–H groups in total. The first-order chi connectivity index (χ1) is 16.3. The summed E-state index contributed by atoms with van der Waals surface area (Å²) in [5, 5.41) is 14.4. The molecule has 3 rings (SSSR count). The van der Waals surface area contributed by atoms with E-state index in [9.17, 15) is 19.5 Å². The van der Waals surface area contributed by atoms with E-state index in [2.05, 4.69) is 22.5 Å². The Bertz CT molecular complexity index is 1070. The van der Waals surface area contributed by atoms with Gasteiger partial charge < -0.3 is 25.4 Å². The number of fused-ring (bicyclic) bond motifs is 3. The number of alkyl carbamates (subject to hydrolysis) is 1. The lowest BCUT2D eigenvalue weighted by Gasteiger charge is -2.23. The summed E-state index contributed by atoms with van der Waals surface area (Å²) in [6.07, 6.45) is -0.777. The third-order valence-electron chi connectivity index (χ3n) is 5.60. The van der Waals surface area contributed by atoms with Crippen LogP contribution in [0.5, 0.6) is 0 Å². The zero-order chi connectivity index (χ0) is 24.7. The van der Waals surface area contributed by atoms with Crippen molar-refractivity contribution in [1.82, 2.24) is 15.5 Å². The molecule has 0 spiro atoms. The maximum Gasteiger partial charge on any atom is 0.407 e. The van der Waals surface area contributed by atoms with Crippen molar-refractivity contribution in [2.45, 2.75) is 31.3 Å². The quantitative estimate of drug-likeness (QED) is 0.493. The molecule has 1 aliphatic carbocycles. The van der Waals surface area contributed by atoms with Crippen molar-refractivity contribution in [1.29, 1.82) is 0 Å². The number of likely N-dealkylation sites (N-methyl/N-ethyl adjacent to an activating group) is 1. The van der Waals surface area contributed by atoms with Crippen LogP contribution in [0.1, 0.15) is 30.4 Å². The molecule has 8 heteroatoms. The highest BCUT2D eigenvalue weighted by atomic mass is 16.5. The van der Waals surface area contributed by atoms with Gasteiger partial charge in [-0.3, -0.25) is 4.79 Å². The van der Waals surface area contributed by atoms with Crippen LogP contribution in [0.2, 0.25) is 0 Å². The Morgan fingerprint density at radius 1 is 1.00 bits per heavy atom. The van der Waals surface area contributed by atoms with Crippen molar-refractivity contribution in [3.05, 3.63) is 59.7 Å². The van der Waals surface area contributed by atoms with Crippen molar-refractivity contribution >= 4 is 18.0 Å². The molecular formula is C26H29N3O5. The number of hydrogen-bond acceptors (Lipinski definition) is 5. The predicted molar refractivity (Wildman–Crippen MR) is 128 cm³/mol. The highest BCUT2D eigenvalue weighted by Crippen LogP contribution is 2.44. The fourth-order valence-electron chi connectivity index (χ4n) is 4.02. The van der Waals surface area contributed by atoms with E-state index in [0.29, 0.717) is 0 Å². The first kappa shape index (κ1) is 24.8. The van der Waals surface area contributed by atoms with Crippen molar-refractivity contribution in [2.75, 3.05) is 27.2 Å². The average molecular weight is 464 g/mol. The van der Waals surface area contributed by atoms with Crippen molar-refractivity contribution in [3.8, 4) is 23.0 Å². The normalized spacial score (nSPS) is 13.6. The molecule has 2 atom stereocenters. The van der Waals surface area contributed by atoms with Gasteiger partial charge in [0.1, 0.15) is 18.7 Å². The number of benzene rings is 2. The zero-order valence-electron chi connectivity index (χ0n) is 19.5. The van der Waals surface area contributed by atoms with Gasteiger partial charge in [-0.05, 0) is 43.3 Å². The van der Waals surface area contributed by atoms with E-state index in [0.717, 1.165) is 22.3 Å². The fourth-order valence-corrected chi connectivity index (χ4v) is 4.02. The molecule has 34 heavy (non-hydrogen) atoms. The molecule has 0 fully saturated rings. The van der Waals surface area contributed by atoms with Gasteiger partial charge in [0.2, 0.25) is 5.91 Å². The van der Waals surface area contributed by atoms with E-state index in [-0.39, 0.29) is 25.5 Å². The van der Waals surface area contributed by atoms with Gasteiger partial charge in [0.15, 0.2) is 0 Å². The molecule has 0 aliphatic heterocycles. The highest BCUT2D eigenvalue weighted by Gasteiger charge is 2.30. The molecule has 0 bridgehead atoms. The highest BCUT2D eigenvalue weighted by molar-refractivity contribution is 5.89. The molecule has 2 aromatic rings. The summed E-state index contributed by atoms with van der Waals surface area (Å²) >= 11 is 0. The van der Waals surface area contributed by atoms with Crippen LogP contribution < -0.4 is 10.6 Å².